The molecule has 7 nitrogen and oxygen atoms in total. The summed E-state index contributed by atoms with van der Waals surface area (Å²) in [6, 6.07) is 21.6. The van der Waals surface area contributed by atoms with E-state index < -0.39 is 5.54 Å². The third kappa shape index (κ3) is 4.39. The maximum absolute atomic E-state index is 13.4. The number of hydrogen-bond acceptors (Lipinski definition) is 5. The summed E-state index contributed by atoms with van der Waals surface area (Å²) in [5.41, 5.74) is 3.48. The summed E-state index contributed by atoms with van der Waals surface area (Å²) in [5, 5.41) is 11.1. The first-order valence-corrected chi connectivity index (χ1v) is 10.5. The normalized spacial score (nSPS) is 16.5. The molecule has 0 unspecified atom stereocenters. The Morgan fingerprint density at radius 3 is 2.64 bits per heavy atom. The Hall–Kier alpha value is -4.26. The number of pyridine rings is 2. The predicted molar refractivity (Wildman–Crippen MR) is 124 cm³/mol. The number of amides is 1. The number of para-hydroxylation sites is 1. The van der Waals surface area contributed by atoms with E-state index in [9.17, 15) is 4.79 Å². The lowest BCUT2D eigenvalue weighted by molar-refractivity contribution is -0.122. The molecule has 5 rings (SSSR count). The van der Waals surface area contributed by atoms with Crippen molar-refractivity contribution in [1.29, 1.82) is 0 Å². The summed E-state index contributed by atoms with van der Waals surface area (Å²) in [5.74, 6) is 0.508. The second-order valence-electron chi connectivity index (χ2n) is 7.70. The molecule has 166 valence electrons. The van der Waals surface area contributed by atoms with Crippen molar-refractivity contribution in [1.82, 2.24) is 15.3 Å². The third-order valence-corrected chi connectivity index (χ3v) is 5.63. The van der Waals surface area contributed by atoms with Gasteiger partial charge in [0.2, 0.25) is 0 Å². The molecule has 0 radical (unpaired) electrons. The maximum Gasteiger partial charge on any atom is 0.290 e. The van der Waals surface area contributed by atoms with Gasteiger partial charge in [-0.3, -0.25) is 19.6 Å². The van der Waals surface area contributed by atoms with Crippen LogP contribution in [0.5, 0.6) is 5.75 Å². The minimum atomic E-state index is -0.773. The second kappa shape index (κ2) is 9.48. The molecule has 3 heterocycles. The van der Waals surface area contributed by atoms with Crippen LogP contribution < -0.4 is 10.1 Å². The Morgan fingerprint density at radius 2 is 1.85 bits per heavy atom. The molecule has 0 aliphatic carbocycles. The Balaban J connectivity index is 0.000000821. The van der Waals surface area contributed by atoms with Gasteiger partial charge in [0.1, 0.15) is 17.0 Å². The van der Waals surface area contributed by atoms with E-state index in [0.29, 0.717) is 24.3 Å². The molecule has 0 bridgehead atoms. The van der Waals surface area contributed by atoms with E-state index >= 15 is 0 Å². The van der Waals surface area contributed by atoms with Crippen molar-refractivity contribution in [2.24, 2.45) is 0 Å². The molecule has 1 aliphatic heterocycles. The maximum atomic E-state index is 13.4. The highest BCUT2D eigenvalue weighted by Gasteiger charge is 2.42. The van der Waals surface area contributed by atoms with Gasteiger partial charge in [-0.2, -0.15) is 0 Å². The number of hydrogen-bond donors (Lipinski definition) is 2. The summed E-state index contributed by atoms with van der Waals surface area (Å²) in [6.07, 6.45) is 3.95. The molecule has 7 heteroatoms. The number of carbonyl (C=O) groups is 2. The van der Waals surface area contributed by atoms with E-state index in [-0.39, 0.29) is 12.4 Å². The first kappa shape index (κ1) is 22.0. The van der Waals surface area contributed by atoms with Crippen LogP contribution in [0, 0.1) is 6.92 Å². The van der Waals surface area contributed by atoms with Crippen LogP contribution in [0.15, 0.2) is 79.1 Å². The molecule has 0 saturated heterocycles. The highest BCUT2D eigenvalue weighted by atomic mass is 16.5. The zero-order chi connectivity index (χ0) is 23.3. The number of carbonyl (C=O) groups excluding carboxylic acids is 1. The number of rotatable bonds is 3. The Bertz CT molecular complexity index is 1290. The largest absolute Gasteiger partial charge is 0.491 e. The van der Waals surface area contributed by atoms with E-state index in [1.54, 1.807) is 12.4 Å². The quantitative estimate of drug-likeness (QED) is 0.464. The molecular weight excluding hydrogens is 418 g/mol. The van der Waals surface area contributed by atoms with Gasteiger partial charge in [0.15, 0.2) is 0 Å². The van der Waals surface area contributed by atoms with Crippen molar-refractivity contribution in [2.45, 2.75) is 18.9 Å². The van der Waals surface area contributed by atoms with Gasteiger partial charge < -0.3 is 15.2 Å². The van der Waals surface area contributed by atoms with E-state index in [2.05, 4.69) is 39.6 Å². The predicted octanol–water partition coefficient (Wildman–Crippen LogP) is 4.10. The number of aryl methyl sites for hydroxylation is 1. The van der Waals surface area contributed by atoms with Gasteiger partial charge in [-0.25, -0.2) is 0 Å². The minimum absolute atomic E-state index is 0.188. The van der Waals surface area contributed by atoms with Gasteiger partial charge in [-0.05, 0) is 36.8 Å². The van der Waals surface area contributed by atoms with E-state index in [4.69, 9.17) is 14.6 Å². The smallest absolute Gasteiger partial charge is 0.290 e. The van der Waals surface area contributed by atoms with Crippen LogP contribution in [0.4, 0.5) is 0 Å². The summed E-state index contributed by atoms with van der Waals surface area (Å²) in [4.78, 5) is 30.8. The fourth-order valence-electron chi connectivity index (χ4n) is 4.03. The molecule has 4 aromatic rings. The number of nitrogens with one attached hydrogen (secondary N) is 1. The summed E-state index contributed by atoms with van der Waals surface area (Å²) < 4.78 is 5.84. The molecule has 0 spiro atoms. The molecule has 2 aromatic carbocycles. The fraction of sp³-hybridized carbons (Fsp3) is 0.154. The summed E-state index contributed by atoms with van der Waals surface area (Å²) in [6.45, 7) is 2.29. The summed E-state index contributed by atoms with van der Waals surface area (Å²) in [7, 11) is 0. The lowest BCUT2D eigenvalue weighted by Crippen LogP contribution is -2.50. The van der Waals surface area contributed by atoms with Gasteiger partial charge in [0, 0.05) is 24.2 Å². The zero-order valence-corrected chi connectivity index (χ0v) is 18.1. The highest BCUT2D eigenvalue weighted by Crippen LogP contribution is 2.40. The van der Waals surface area contributed by atoms with Crippen LogP contribution in [0.25, 0.3) is 10.9 Å². The van der Waals surface area contributed by atoms with Gasteiger partial charge in [-0.1, -0.05) is 48.0 Å². The number of ether oxygens (including phenoxy) is 1. The molecular formula is C26H23N3O4. The van der Waals surface area contributed by atoms with Crippen LogP contribution in [0.3, 0.4) is 0 Å². The Kier molecular flexibility index (Phi) is 6.31. The van der Waals surface area contributed by atoms with E-state index in [0.717, 1.165) is 27.7 Å². The SMILES string of the molecule is Cc1ccc([C@@]2(NC(=O)c3cnc4ccccc4c3)CCOc3cccnc32)cc1.O=CO. The van der Waals surface area contributed by atoms with Crippen LogP contribution >= 0.6 is 0 Å². The van der Waals surface area contributed by atoms with Crippen molar-refractivity contribution in [3.05, 3.63) is 102 Å². The molecule has 1 aliphatic rings. The first-order valence-electron chi connectivity index (χ1n) is 10.5. The Morgan fingerprint density at radius 1 is 1.09 bits per heavy atom. The molecule has 33 heavy (non-hydrogen) atoms. The summed E-state index contributed by atoms with van der Waals surface area (Å²) >= 11 is 0. The van der Waals surface area contributed by atoms with Crippen molar-refractivity contribution in [3.63, 3.8) is 0 Å². The zero-order valence-electron chi connectivity index (χ0n) is 18.1. The van der Waals surface area contributed by atoms with Crippen molar-refractivity contribution >= 4 is 23.3 Å². The highest BCUT2D eigenvalue weighted by molar-refractivity contribution is 5.98. The van der Waals surface area contributed by atoms with Crippen LogP contribution in [-0.2, 0) is 10.3 Å². The van der Waals surface area contributed by atoms with Crippen molar-refractivity contribution in [3.8, 4) is 5.75 Å². The van der Waals surface area contributed by atoms with Crippen LogP contribution in [0.1, 0.15) is 33.6 Å². The lowest BCUT2D eigenvalue weighted by atomic mass is 9.81. The van der Waals surface area contributed by atoms with Gasteiger partial charge in [0.25, 0.3) is 12.4 Å². The number of nitrogens with zero attached hydrogens (tertiary/aromatic N) is 2. The van der Waals surface area contributed by atoms with E-state index in [1.165, 1.54) is 0 Å². The third-order valence-electron chi connectivity index (χ3n) is 5.63. The first-order chi connectivity index (χ1) is 16.1. The average Bonchev–Trinajstić information content (AvgIpc) is 2.85. The average molecular weight is 441 g/mol. The topological polar surface area (TPSA) is 101 Å². The monoisotopic (exact) mass is 441 g/mol. The van der Waals surface area contributed by atoms with Gasteiger partial charge >= 0.3 is 0 Å². The van der Waals surface area contributed by atoms with Crippen molar-refractivity contribution in [2.75, 3.05) is 6.61 Å². The lowest BCUT2D eigenvalue weighted by Gasteiger charge is -2.39. The van der Waals surface area contributed by atoms with Crippen LogP contribution in [0.2, 0.25) is 0 Å². The standard InChI is InChI=1S/C25H21N3O2.CH2O2/c1-17-8-10-20(11-9-17)25(12-14-30-22-7-4-13-26-23(22)25)28-24(29)19-15-18-5-2-3-6-21(18)27-16-19;2-1-3/h2-11,13,15-16H,12,14H2,1H3,(H,28,29);1H,(H,2,3)/t25-;/m0./s1. The Labute approximate surface area is 191 Å². The molecule has 2 aromatic heterocycles. The fourth-order valence-corrected chi connectivity index (χ4v) is 4.03. The van der Waals surface area contributed by atoms with Gasteiger partial charge in [-0.15, -0.1) is 0 Å². The molecule has 1 atom stereocenters. The van der Waals surface area contributed by atoms with E-state index in [1.807, 2.05) is 49.4 Å². The van der Waals surface area contributed by atoms with Gasteiger partial charge in [0.05, 0.1) is 17.7 Å². The minimum Gasteiger partial charge on any atom is -0.491 e. The molecule has 2 N–H and O–H groups in total. The number of aromatic nitrogens is 2. The molecule has 1 amide bonds. The number of carboxylic acid groups (broad SMARTS) is 1. The molecule has 0 saturated carbocycles. The van der Waals surface area contributed by atoms with Crippen LogP contribution in [-0.4, -0.2) is 34.1 Å². The van der Waals surface area contributed by atoms with Crippen molar-refractivity contribution < 1.29 is 19.4 Å². The number of fused-ring (bicyclic) bond motifs is 2. The molecule has 0 fully saturated rings. The number of benzene rings is 2. The second-order valence-corrected chi connectivity index (χ2v) is 7.70.